The first-order valence-corrected chi connectivity index (χ1v) is 8.16. The van der Waals surface area contributed by atoms with Gasteiger partial charge in [-0.2, -0.15) is 0 Å². The molecular weight excluding hydrogens is 320 g/mol. The molecule has 1 aromatic carbocycles. The lowest BCUT2D eigenvalue weighted by Gasteiger charge is -2.09. The second kappa shape index (κ2) is 10.0. The smallest absolute Gasteiger partial charge is 0.271 e. The van der Waals surface area contributed by atoms with E-state index in [9.17, 15) is 9.59 Å². The highest BCUT2D eigenvalue weighted by molar-refractivity contribution is 5.91. The number of ether oxygens (including phenoxy) is 1. The third kappa shape index (κ3) is 6.58. The molecule has 1 heterocycles. The van der Waals surface area contributed by atoms with Crippen molar-refractivity contribution in [1.29, 1.82) is 0 Å². The summed E-state index contributed by atoms with van der Waals surface area (Å²) in [6.07, 6.45) is 5.36. The molecular formula is C18H22N4O3. The molecule has 7 heteroatoms. The van der Waals surface area contributed by atoms with E-state index < -0.39 is 0 Å². The molecule has 0 atom stereocenters. The Morgan fingerprint density at radius 2 is 1.92 bits per heavy atom. The fraction of sp³-hybridized carbons (Fsp3) is 0.333. The van der Waals surface area contributed by atoms with Crippen molar-refractivity contribution in [2.45, 2.75) is 19.8 Å². The van der Waals surface area contributed by atoms with Crippen LogP contribution in [0.25, 0.3) is 0 Å². The number of carbonyl (C=O) groups is 2. The van der Waals surface area contributed by atoms with Gasteiger partial charge >= 0.3 is 0 Å². The molecule has 0 unspecified atom stereocenters. The molecule has 132 valence electrons. The quantitative estimate of drug-likeness (QED) is 0.674. The van der Waals surface area contributed by atoms with Crippen LogP contribution in [0.5, 0.6) is 5.75 Å². The number of rotatable bonds is 9. The summed E-state index contributed by atoms with van der Waals surface area (Å²) < 4.78 is 5.64. The maximum Gasteiger partial charge on any atom is 0.271 e. The maximum atomic E-state index is 11.7. The van der Waals surface area contributed by atoms with Crippen molar-refractivity contribution < 1.29 is 14.3 Å². The number of amides is 2. The number of carbonyl (C=O) groups excluding carboxylic acids is 2. The molecule has 25 heavy (non-hydrogen) atoms. The minimum absolute atomic E-state index is 0.0675. The van der Waals surface area contributed by atoms with Crippen molar-refractivity contribution in [2.75, 3.05) is 19.7 Å². The van der Waals surface area contributed by atoms with Crippen LogP contribution in [0.1, 0.15) is 28.9 Å². The zero-order valence-corrected chi connectivity index (χ0v) is 14.2. The van der Waals surface area contributed by atoms with Crippen LogP contribution in [-0.2, 0) is 4.79 Å². The summed E-state index contributed by atoms with van der Waals surface area (Å²) in [7, 11) is 0. The van der Waals surface area contributed by atoms with Gasteiger partial charge in [0.25, 0.3) is 5.91 Å². The lowest BCUT2D eigenvalue weighted by atomic mass is 10.2. The average Bonchev–Trinajstić information content (AvgIpc) is 2.64. The van der Waals surface area contributed by atoms with Gasteiger partial charge in [0.2, 0.25) is 5.91 Å². The zero-order chi connectivity index (χ0) is 17.9. The maximum absolute atomic E-state index is 11.7. The van der Waals surface area contributed by atoms with Crippen LogP contribution in [-0.4, -0.2) is 41.5 Å². The molecule has 0 saturated carbocycles. The number of hydrogen-bond donors (Lipinski definition) is 2. The van der Waals surface area contributed by atoms with E-state index in [1.165, 1.54) is 18.6 Å². The van der Waals surface area contributed by atoms with E-state index in [1.807, 2.05) is 31.2 Å². The first kappa shape index (κ1) is 18.4. The van der Waals surface area contributed by atoms with Crippen LogP contribution in [0.2, 0.25) is 0 Å². The number of aryl methyl sites for hydroxylation is 1. The molecule has 1 aromatic heterocycles. The fourth-order valence-corrected chi connectivity index (χ4v) is 2.11. The molecule has 0 aliphatic heterocycles. The van der Waals surface area contributed by atoms with Gasteiger partial charge in [-0.1, -0.05) is 18.2 Å². The van der Waals surface area contributed by atoms with E-state index in [2.05, 4.69) is 20.6 Å². The standard InChI is InChI=1S/C18H22N4O3/c1-14-5-2-3-6-16(14)25-12-4-7-17(23)21-10-11-22-18(24)15-13-19-8-9-20-15/h2-3,5-6,8-9,13H,4,7,10-12H2,1H3,(H,21,23)(H,22,24). The van der Waals surface area contributed by atoms with Crippen molar-refractivity contribution in [3.8, 4) is 5.75 Å². The van der Waals surface area contributed by atoms with Gasteiger partial charge in [-0.25, -0.2) is 4.98 Å². The summed E-state index contributed by atoms with van der Waals surface area (Å²) in [4.78, 5) is 31.2. The van der Waals surface area contributed by atoms with Gasteiger partial charge in [0.15, 0.2) is 0 Å². The summed E-state index contributed by atoms with van der Waals surface area (Å²) in [6, 6.07) is 7.77. The number of hydrogen-bond acceptors (Lipinski definition) is 5. The minimum Gasteiger partial charge on any atom is -0.493 e. The SMILES string of the molecule is Cc1ccccc1OCCCC(=O)NCCNC(=O)c1cnccn1. The Hall–Kier alpha value is -2.96. The fourth-order valence-electron chi connectivity index (χ4n) is 2.11. The van der Waals surface area contributed by atoms with Crippen LogP contribution in [0, 0.1) is 6.92 Å². The highest BCUT2D eigenvalue weighted by Gasteiger charge is 2.06. The largest absolute Gasteiger partial charge is 0.493 e. The van der Waals surface area contributed by atoms with Crippen molar-refractivity contribution in [3.05, 3.63) is 54.1 Å². The highest BCUT2D eigenvalue weighted by Crippen LogP contribution is 2.16. The Morgan fingerprint density at radius 1 is 1.12 bits per heavy atom. The summed E-state index contributed by atoms with van der Waals surface area (Å²) >= 11 is 0. The lowest BCUT2D eigenvalue weighted by Crippen LogP contribution is -2.35. The molecule has 0 radical (unpaired) electrons. The lowest BCUT2D eigenvalue weighted by molar-refractivity contribution is -0.121. The van der Waals surface area contributed by atoms with E-state index in [0.29, 0.717) is 32.5 Å². The second-order valence-electron chi connectivity index (χ2n) is 5.41. The Kier molecular flexibility index (Phi) is 7.37. The second-order valence-corrected chi connectivity index (χ2v) is 5.41. The van der Waals surface area contributed by atoms with Crippen LogP contribution >= 0.6 is 0 Å². The molecule has 7 nitrogen and oxygen atoms in total. The van der Waals surface area contributed by atoms with Gasteiger partial charge in [-0.3, -0.25) is 14.6 Å². The van der Waals surface area contributed by atoms with Gasteiger partial charge in [0.1, 0.15) is 11.4 Å². The Balaban J connectivity index is 1.54. The van der Waals surface area contributed by atoms with Crippen LogP contribution in [0.3, 0.4) is 0 Å². The zero-order valence-electron chi connectivity index (χ0n) is 14.2. The molecule has 0 spiro atoms. The predicted octanol–water partition coefficient (Wildman–Crippen LogP) is 1.49. The van der Waals surface area contributed by atoms with Gasteiger partial charge in [-0.15, -0.1) is 0 Å². The molecule has 2 N–H and O–H groups in total. The van der Waals surface area contributed by atoms with Crippen molar-refractivity contribution in [2.24, 2.45) is 0 Å². The highest BCUT2D eigenvalue weighted by atomic mass is 16.5. The Labute approximate surface area is 146 Å². The molecule has 0 aliphatic rings. The van der Waals surface area contributed by atoms with Crippen LogP contribution in [0.4, 0.5) is 0 Å². The number of aromatic nitrogens is 2. The summed E-state index contributed by atoms with van der Waals surface area (Å²) in [5.74, 6) is 0.464. The average molecular weight is 342 g/mol. The van der Waals surface area contributed by atoms with Crippen molar-refractivity contribution in [3.63, 3.8) is 0 Å². The van der Waals surface area contributed by atoms with E-state index in [-0.39, 0.29) is 17.5 Å². The summed E-state index contributed by atoms with van der Waals surface area (Å²) in [5, 5.41) is 5.42. The van der Waals surface area contributed by atoms with E-state index in [0.717, 1.165) is 11.3 Å². The number of para-hydroxylation sites is 1. The van der Waals surface area contributed by atoms with E-state index in [1.54, 1.807) is 0 Å². The summed E-state index contributed by atoms with van der Waals surface area (Å²) in [5.41, 5.74) is 1.33. The monoisotopic (exact) mass is 342 g/mol. The first-order valence-electron chi connectivity index (χ1n) is 8.16. The molecule has 2 amide bonds. The molecule has 2 rings (SSSR count). The minimum atomic E-state index is -0.311. The first-order chi connectivity index (χ1) is 12.2. The third-order valence-electron chi connectivity index (χ3n) is 3.43. The van der Waals surface area contributed by atoms with Crippen LogP contribution < -0.4 is 15.4 Å². The van der Waals surface area contributed by atoms with Crippen molar-refractivity contribution >= 4 is 11.8 Å². The molecule has 2 aromatic rings. The van der Waals surface area contributed by atoms with Gasteiger partial charge in [-0.05, 0) is 25.0 Å². The van der Waals surface area contributed by atoms with E-state index >= 15 is 0 Å². The Bertz CT molecular complexity index is 692. The predicted molar refractivity (Wildman–Crippen MR) is 93.3 cm³/mol. The Morgan fingerprint density at radius 3 is 2.68 bits per heavy atom. The molecule has 0 saturated heterocycles. The normalized spacial score (nSPS) is 10.1. The van der Waals surface area contributed by atoms with Gasteiger partial charge in [0, 0.05) is 31.9 Å². The third-order valence-corrected chi connectivity index (χ3v) is 3.43. The topological polar surface area (TPSA) is 93.2 Å². The van der Waals surface area contributed by atoms with Gasteiger partial charge in [0.05, 0.1) is 12.8 Å². The van der Waals surface area contributed by atoms with Gasteiger partial charge < -0.3 is 15.4 Å². The number of benzene rings is 1. The number of nitrogens with zero attached hydrogens (tertiary/aromatic N) is 2. The molecule has 0 bridgehead atoms. The molecule has 0 aliphatic carbocycles. The number of nitrogens with one attached hydrogen (secondary N) is 2. The molecule has 0 fully saturated rings. The van der Waals surface area contributed by atoms with Crippen LogP contribution in [0.15, 0.2) is 42.9 Å². The summed E-state index contributed by atoms with van der Waals surface area (Å²) in [6.45, 7) is 3.17. The van der Waals surface area contributed by atoms with E-state index in [4.69, 9.17) is 4.74 Å². The van der Waals surface area contributed by atoms with Crippen molar-refractivity contribution in [1.82, 2.24) is 20.6 Å².